The van der Waals surface area contributed by atoms with Crippen molar-refractivity contribution in [3.8, 4) is 0 Å². The molecule has 7 heteroatoms. The Bertz CT molecular complexity index is 1010. The van der Waals surface area contributed by atoms with Crippen molar-refractivity contribution >= 4 is 17.7 Å². The molecule has 0 amide bonds. The van der Waals surface area contributed by atoms with Crippen molar-refractivity contribution in [1.82, 2.24) is 10.4 Å². The molecule has 0 radical (unpaired) electrons. The molecule has 0 aromatic heterocycles. The minimum Gasteiger partial charge on any atom is -0.402 e. The van der Waals surface area contributed by atoms with Crippen molar-refractivity contribution in [2.24, 2.45) is 0 Å². The summed E-state index contributed by atoms with van der Waals surface area (Å²) in [6.45, 7) is 8.19. The van der Waals surface area contributed by atoms with Crippen LogP contribution in [0.1, 0.15) is 38.8 Å². The molecule has 1 atom stereocenters. The lowest BCUT2D eigenvalue weighted by atomic mass is 9.84. The van der Waals surface area contributed by atoms with Gasteiger partial charge in [0.1, 0.15) is 0 Å². The smallest absolute Gasteiger partial charge is 0.269 e. The molecule has 0 bridgehead atoms. The van der Waals surface area contributed by atoms with Gasteiger partial charge in [0.15, 0.2) is 17.7 Å². The second-order valence-corrected chi connectivity index (χ2v) is 8.44. The predicted molar refractivity (Wildman–Crippen MR) is 108 cm³/mol. The quantitative estimate of drug-likeness (QED) is 0.484. The van der Waals surface area contributed by atoms with Crippen LogP contribution in [-0.2, 0) is 15.3 Å². The number of hydrogen-bond acceptors (Lipinski definition) is 6. The third-order valence-electron chi connectivity index (χ3n) is 6.30. The van der Waals surface area contributed by atoms with Gasteiger partial charge in [-0.15, -0.1) is 5.06 Å². The summed E-state index contributed by atoms with van der Waals surface area (Å²) >= 11 is 0. The molecule has 2 aromatic carbocycles. The first-order valence-electron chi connectivity index (χ1n) is 9.43. The maximum absolute atomic E-state index is 12.4. The number of nitrogens with one attached hydrogen (secondary N) is 1. The van der Waals surface area contributed by atoms with E-state index in [1.165, 1.54) is 12.1 Å². The van der Waals surface area contributed by atoms with Crippen LogP contribution in [0.2, 0.25) is 0 Å². The second-order valence-electron chi connectivity index (χ2n) is 8.44. The number of benzene rings is 2. The summed E-state index contributed by atoms with van der Waals surface area (Å²) < 4.78 is 0. The van der Waals surface area contributed by atoms with Crippen LogP contribution in [-0.4, -0.2) is 27.4 Å². The van der Waals surface area contributed by atoms with Gasteiger partial charge in [-0.05, 0) is 45.4 Å². The zero-order valence-corrected chi connectivity index (χ0v) is 16.8. The molecule has 0 aliphatic carbocycles. The number of carbonyl (C=O) groups is 1. The first kappa shape index (κ1) is 19.3. The average Bonchev–Trinajstić information content (AvgIpc) is 3.10. The highest BCUT2D eigenvalue weighted by Crippen LogP contribution is 2.55. The Balaban J connectivity index is 1.98. The van der Waals surface area contributed by atoms with E-state index in [0.29, 0.717) is 16.9 Å². The van der Waals surface area contributed by atoms with E-state index in [1.54, 1.807) is 12.1 Å². The van der Waals surface area contributed by atoms with Gasteiger partial charge in [0.05, 0.1) is 16.0 Å². The second kappa shape index (κ2) is 6.23. The summed E-state index contributed by atoms with van der Waals surface area (Å²) in [4.78, 5) is 29.4. The fourth-order valence-electron chi connectivity index (χ4n) is 4.10. The first-order chi connectivity index (χ1) is 13.6. The molecule has 2 heterocycles. The Labute approximate surface area is 169 Å². The summed E-state index contributed by atoms with van der Waals surface area (Å²) in [7, 11) is 0. The molecule has 150 valence electrons. The summed E-state index contributed by atoms with van der Waals surface area (Å²) in [6.07, 6.45) is 0.814. The van der Waals surface area contributed by atoms with Crippen LogP contribution in [0.4, 0.5) is 5.69 Å². The van der Waals surface area contributed by atoms with Crippen molar-refractivity contribution in [3.05, 3.63) is 81.4 Å². The summed E-state index contributed by atoms with van der Waals surface area (Å²) in [5, 5.41) is 16.5. The van der Waals surface area contributed by atoms with Crippen LogP contribution >= 0.6 is 0 Å². The molecule has 0 saturated carbocycles. The Hall–Kier alpha value is -3.03. The first-order valence-corrected chi connectivity index (χ1v) is 9.43. The number of aldehydes is 1. The number of carbonyl (C=O) groups excluding carboxylic acids is 1. The monoisotopic (exact) mass is 393 g/mol. The number of nitro benzene ring substituents is 1. The van der Waals surface area contributed by atoms with Gasteiger partial charge in [-0.25, -0.2) is 0 Å². The van der Waals surface area contributed by atoms with Gasteiger partial charge >= 0.3 is 0 Å². The SMILES string of the molecule is CC1(C)NC2(c3ccc([N+](=O)[O-])cc3)C(C=O)=C(c3ccccc3)ON2C1(C)C. The Kier molecular flexibility index (Phi) is 4.15. The molecule has 29 heavy (non-hydrogen) atoms. The van der Waals surface area contributed by atoms with Crippen LogP contribution in [0.25, 0.3) is 5.76 Å². The molecule has 4 rings (SSSR count). The van der Waals surface area contributed by atoms with Crippen molar-refractivity contribution in [1.29, 1.82) is 0 Å². The zero-order chi connectivity index (χ0) is 21.0. The third-order valence-corrected chi connectivity index (χ3v) is 6.30. The number of nitrogens with zero attached hydrogens (tertiary/aromatic N) is 2. The molecule has 1 saturated heterocycles. The molecular formula is C22H23N3O4. The maximum Gasteiger partial charge on any atom is 0.269 e. The Morgan fingerprint density at radius 3 is 2.21 bits per heavy atom. The van der Waals surface area contributed by atoms with E-state index in [9.17, 15) is 14.9 Å². The van der Waals surface area contributed by atoms with Crippen molar-refractivity contribution in [2.75, 3.05) is 0 Å². The fraction of sp³-hybridized carbons (Fsp3) is 0.318. The zero-order valence-electron chi connectivity index (χ0n) is 16.8. The highest BCUT2D eigenvalue weighted by molar-refractivity contribution is 5.90. The Morgan fingerprint density at radius 2 is 1.66 bits per heavy atom. The minimum atomic E-state index is -1.06. The lowest BCUT2D eigenvalue weighted by Gasteiger charge is -2.39. The lowest BCUT2D eigenvalue weighted by molar-refractivity contribution is -0.384. The molecule has 2 aliphatic heterocycles. The highest BCUT2D eigenvalue weighted by atomic mass is 16.7. The summed E-state index contributed by atoms with van der Waals surface area (Å²) in [6, 6.07) is 15.7. The van der Waals surface area contributed by atoms with E-state index in [4.69, 9.17) is 4.84 Å². The van der Waals surface area contributed by atoms with Crippen molar-refractivity contribution < 1.29 is 14.6 Å². The van der Waals surface area contributed by atoms with E-state index >= 15 is 0 Å². The summed E-state index contributed by atoms with van der Waals surface area (Å²) in [5.74, 6) is 0.482. The average molecular weight is 393 g/mol. The van der Waals surface area contributed by atoms with Crippen molar-refractivity contribution in [2.45, 2.75) is 44.4 Å². The van der Waals surface area contributed by atoms with Gasteiger partial charge < -0.3 is 4.84 Å². The molecule has 7 nitrogen and oxygen atoms in total. The minimum absolute atomic E-state index is 0.00736. The van der Waals surface area contributed by atoms with Crippen LogP contribution in [0.3, 0.4) is 0 Å². The Morgan fingerprint density at radius 1 is 1.03 bits per heavy atom. The molecule has 2 aromatic rings. The maximum atomic E-state index is 12.4. The van der Waals surface area contributed by atoms with E-state index in [0.717, 1.165) is 11.8 Å². The predicted octanol–water partition coefficient (Wildman–Crippen LogP) is 3.77. The standard InChI is InChI=1S/C22H23N3O4/c1-20(2)21(3,4)25-22(23-20,16-10-12-17(13-11-16)24(27)28)18(14-26)19(29-25)15-8-6-5-7-9-15/h5-14,23H,1-4H3. The van der Waals surface area contributed by atoms with Gasteiger partial charge in [0.2, 0.25) is 0 Å². The van der Waals surface area contributed by atoms with E-state index in [-0.39, 0.29) is 5.69 Å². The number of hydrogen-bond donors (Lipinski definition) is 1. The van der Waals surface area contributed by atoms with E-state index < -0.39 is 21.7 Å². The normalized spacial score (nSPS) is 24.8. The van der Waals surface area contributed by atoms with Gasteiger partial charge in [0, 0.05) is 23.2 Å². The number of nitro groups is 1. The summed E-state index contributed by atoms with van der Waals surface area (Å²) in [5.41, 5.74) is -0.0569. The van der Waals surface area contributed by atoms with Gasteiger partial charge in [-0.2, -0.15) is 0 Å². The number of hydroxylamine groups is 2. The van der Waals surface area contributed by atoms with E-state index in [2.05, 4.69) is 5.32 Å². The highest BCUT2D eigenvalue weighted by Gasteiger charge is 2.67. The molecule has 2 aliphatic rings. The van der Waals surface area contributed by atoms with Crippen molar-refractivity contribution in [3.63, 3.8) is 0 Å². The number of non-ortho nitro benzene ring substituents is 1. The number of fused-ring (bicyclic) bond motifs is 1. The molecular weight excluding hydrogens is 370 g/mol. The third kappa shape index (κ3) is 2.54. The van der Waals surface area contributed by atoms with Crippen LogP contribution in [0, 0.1) is 10.1 Å². The van der Waals surface area contributed by atoms with Crippen LogP contribution < -0.4 is 5.32 Å². The fourth-order valence-corrected chi connectivity index (χ4v) is 4.10. The molecule has 1 fully saturated rings. The largest absolute Gasteiger partial charge is 0.402 e. The molecule has 0 spiro atoms. The topological polar surface area (TPSA) is 84.7 Å². The van der Waals surface area contributed by atoms with Gasteiger partial charge in [0.25, 0.3) is 5.69 Å². The molecule has 1 unspecified atom stereocenters. The van der Waals surface area contributed by atoms with Gasteiger partial charge in [-0.1, -0.05) is 30.3 Å². The van der Waals surface area contributed by atoms with E-state index in [1.807, 2.05) is 63.1 Å². The lowest BCUT2D eigenvalue weighted by Crippen LogP contribution is -2.52. The molecule has 1 N–H and O–H groups in total. The van der Waals surface area contributed by atoms with Crippen LogP contribution in [0.15, 0.2) is 60.2 Å². The number of rotatable bonds is 4. The van der Waals surface area contributed by atoms with Crippen LogP contribution in [0.5, 0.6) is 0 Å². The van der Waals surface area contributed by atoms with Gasteiger partial charge in [-0.3, -0.25) is 20.2 Å².